The molecule has 0 N–H and O–H groups in total. The number of aryl methyl sites for hydroxylation is 1. The Bertz CT molecular complexity index is 840. The number of ether oxygens (including phenoxy) is 2. The lowest BCUT2D eigenvalue weighted by atomic mass is 10.1. The molecule has 132 valence electrons. The van der Waals surface area contributed by atoms with Gasteiger partial charge in [0.05, 0.1) is 13.7 Å². The molecule has 0 aliphatic heterocycles. The third kappa shape index (κ3) is 3.35. The van der Waals surface area contributed by atoms with Crippen LogP contribution in [0.25, 0.3) is 11.4 Å². The van der Waals surface area contributed by atoms with E-state index in [2.05, 4.69) is 15.1 Å². The van der Waals surface area contributed by atoms with Gasteiger partial charge in [0.15, 0.2) is 17.3 Å². The van der Waals surface area contributed by atoms with E-state index in [9.17, 15) is 0 Å². The van der Waals surface area contributed by atoms with E-state index in [1.165, 1.54) is 0 Å². The number of imidazole rings is 1. The van der Waals surface area contributed by atoms with Gasteiger partial charge in [-0.15, -0.1) is 0 Å². The summed E-state index contributed by atoms with van der Waals surface area (Å²) in [5.41, 5.74) is 0.927. The Balaban J connectivity index is 1.97. The molecular weight excluding hydrogens is 320 g/mol. The van der Waals surface area contributed by atoms with E-state index in [1.54, 1.807) is 13.3 Å². The van der Waals surface area contributed by atoms with Gasteiger partial charge in [-0.1, -0.05) is 12.1 Å². The summed E-state index contributed by atoms with van der Waals surface area (Å²) >= 11 is 0. The second kappa shape index (κ2) is 7.38. The minimum atomic E-state index is -0.122. The Labute approximate surface area is 146 Å². The molecule has 2 heterocycles. The van der Waals surface area contributed by atoms with Crippen molar-refractivity contribution in [3.8, 4) is 22.9 Å². The highest BCUT2D eigenvalue weighted by molar-refractivity contribution is 5.61. The van der Waals surface area contributed by atoms with Crippen LogP contribution in [0.4, 0.5) is 0 Å². The fourth-order valence-electron chi connectivity index (χ4n) is 2.63. The Morgan fingerprint density at radius 3 is 2.76 bits per heavy atom. The van der Waals surface area contributed by atoms with Crippen LogP contribution in [-0.4, -0.2) is 33.4 Å². The van der Waals surface area contributed by atoms with Crippen LogP contribution in [0.3, 0.4) is 0 Å². The van der Waals surface area contributed by atoms with Crippen molar-refractivity contribution < 1.29 is 14.0 Å². The molecule has 0 fully saturated rings. The Hall–Kier alpha value is -2.83. The summed E-state index contributed by atoms with van der Waals surface area (Å²) in [5.74, 6) is 3.45. The van der Waals surface area contributed by atoms with Crippen LogP contribution in [0.15, 0.2) is 35.1 Å². The summed E-state index contributed by atoms with van der Waals surface area (Å²) in [6.07, 6.45) is 4.40. The Morgan fingerprint density at radius 1 is 1.24 bits per heavy atom. The summed E-state index contributed by atoms with van der Waals surface area (Å²) in [6, 6.07) is 5.64. The number of hydrogen-bond donors (Lipinski definition) is 0. The number of methoxy groups -OCH3 is 1. The van der Waals surface area contributed by atoms with Crippen molar-refractivity contribution in [2.45, 2.75) is 33.2 Å². The lowest BCUT2D eigenvalue weighted by molar-refractivity contribution is 0.311. The third-order valence-electron chi connectivity index (χ3n) is 3.96. The fraction of sp³-hybridized carbons (Fsp3) is 0.389. The van der Waals surface area contributed by atoms with Gasteiger partial charge in [0, 0.05) is 24.4 Å². The highest BCUT2D eigenvalue weighted by Crippen LogP contribution is 2.33. The Morgan fingerprint density at radius 2 is 2.08 bits per heavy atom. The number of hydrogen-bond acceptors (Lipinski definition) is 6. The van der Waals surface area contributed by atoms with Gasteiger partial charge in [-0.25, -0.2) is 4.98 Å². The molecule has 3 aromatic rings. The van der Waals surface area contributed by atoms with Crippen molar-refractivity contribution in [3.05, 3.63) is 42.3 Å². The third-order valence-corrected chi connectivity index (χ3v) is 3.96. The molecule has 2 aromatic heterocycles. The average Bonchev–Trinajstić information content (AvgIpc) is 3.30. The molecule has 0 spiro atoms. The second-order valence-electron chi connectivity index (χ2n) is 5.54. The van der Waals surface area contributed by atoms with Gasteiger partial charge in [0.1, 0.15) is 11.9 Å². The first kappa shape index (κ1) is 17.0. The molecule has 0 saturated heterocycles. The predicted molar refractivity (Wildman–Crippen MR) is 92.9 cm³/mol. The number of benzene rings is 1. The van der Waals surface area contributed by atoms with Crippen molar-refractivity contribution in [2.75, 3.05) is 13.7 Å². The summed E-state index contributed by atoms with van der Waals surface area (Å²) < 4.78 is 18.4. The number of nitrogens with zero attached hydrogens (tertiary/aromatic N) is 4. The minimum absolute atomic E-state index is 0.122. The molecule has 0 amide bonds. The van der Waals surface area contributed by atoms with Gasteiger partial charge in [0.2, 0.25) is 5.89 Å². The molecule has 25 heavy (non-hydrogen) atoms. The smallest absolute Gasteiger partial charge is 0.249 e. The first-order chi connectivity index (χ1) is 12.2. The van der Waals surface area contributed by atoms with Crippen molar-refractivity contribution in [1.82, 2.24) is 19.7 Å². The number of aromatic nitrogens is 4. The van der Waals surface area contributed by atoms with Gasteiger partial charge >= 0.3 is 0 Å². The number of rotatable bonds is 7. The molecule has 0 aliphatic carbocycles. The molecular formula is C18H22N4O3. The van der Waals surface area contributed by atoms with Crippen molar-refractivity contribution in [3.63, 3.8) is 0 Å². The van der Waals surface area contributed by atoms with E-state index in [-0.39, 0.29) is 6.04 Å². The lowest BCUT2D eigenvalue weighted by Gasteiger charge is -2.14. The normalized spacial score (nSPS) is 12.2. The van der Waals surface area contributed by atoms with Crippen LogP contribution in [-0.2, 0) is 6.42 Å². The topological polar surface area (TPSA) is 75.2 Å². The quantitative estimate of drug-likeness (QED) is 0.654. The zero-order valence-electron chi connectivity index (χ0n) is 14.9. The maximum Gasteiger partial charge on any atom is 0.249 e. The van der Waals surface area contributed by atoms with E-state index in [1.807, 2.05) is 49.7 Å². The van der Waals surface area contributed by atoms with E-state index < -0.39 is 0 Å². The molecule has 0 saturated carbocycles. The zero-order valence-corrected chi connectivity index (χ0v) is 14.9. The molecule has 0 radical (unpaired) electrons. The summed E-state index contributed by atoms with van der Waals surface area (Å²) in [5, 5.41) is 3.97. The van der Waals surface area contributed by atoms with Gasteiger partial charge < -0.3 is 18.6 Å². The summed E-state index contributed by atoms with van der Waals surface area (Å²) in [4.78, 5) is 8.92. The van der Waals surface area contributed by atoms with E-state index in [4.69, 9.17) is 14.0 Å². The van der Waals surface area contributed by atoms with Gasteiger partial charge in [-0.3, -0.25) is 0 Å². The zero-order chi connectivity index (χ0) is 17.8. The molecule has 7 heteroatoms. The average molecular weight is 342 g/mol. The molecule has 1 aromatic carbocycles. The van der Waals surface area contributed by atoms with Gasteiger partial charge in [-0.2, -0.15) is 4.98 Å². The first-order valence-corrected chi connectivity index (χ1v) is 8.34. The van der Waals surface area contributed by atoms with Crippen LogP contribution >= 0.6 is 0 Å². The predicted octanol–water partition coefficient (Wildman–Crippen LogP) is 3.51. The van der Waals surface area contributed by atoms with Gasteiger partial charge in [-0.05, 0) is 32.0 Å². The lowest BCUT2D eigenvalue weighted by Crippen LogP contribution is -2.08. The standard InChI is InChI=1S/C18H22N4O3/c1-5-16-20-18(25-21-16)12(3)22-10-9-19-17(22)13-7-8-14(23-4)15(11-13)24-6-2/h7-12H,5-6H2,1-4H3. The van der Waals surface area contributed by atoms with Gasteiger partial charge in [0.25, 0.3) is 0 Å². The fourth-order valence-corrected chi connectivity index (χ4v) is 2.63. The van der Waals surface area contributed by atoms with Crippen LogP contribution in [0, 0.1) is 0 Å². The van der Waals surface area contributed by atoms with Crippen LogP contribution < -0.4 is 9.47 Å². The van der Waals surface area contributed by atoms with Crippen molar-refractivity contribution in [1.29, 1.82) is 0 Å². The summed E-state index contributed by atoms with van der Waals surface area (Å²) in [6.45, 7) is 6.50. The molecule has 0 aliphatic rings. The molecule has 3 rings (SSSR count). The van der Waals surface area contributed by atoms with E-state index in [0.717, 1.165) is 17.8 Å². The monoisotopic (exact) mass is 342 g/mol. The van der Waals surface area contributed by atoms with E-state index in [0.29, 0.717) is 29.8 Å². The molecule has 1 atom stereocenters. The SMILES string of the molecule is CCOc1cc(-c2nccn2C(C)c2nc(CC)no2)ccc1OC. The minimum Gasteiger partial charge on any atom is -0.493 e. The maximum absolute atomic E-state index is 5.67. The van der Waals surface area contributed by atoms with E-state index >= 15 is 0 Å². The second-order valence-corrected chi connectivity index (χ2v) is 5.54. The maximum atomic E-state index is 5.67. The highest BCUT2D eigenvalue weighted by atomic mass is 16.5. The largest absolute Gasteiger partial charge is 0.493 e. The summed E-state index contributed by atoms with van der Waals surface area (Å²) in [7, 11) is 1.63. The molecule has 7 nitrogen and oxygen atoms in total. The van der Waals surface area contributed by atoms with Crippen molar-refractivity contribution in [2.24, 2.45) is 0 Å². The Kier molecular flexibility index (Phi) is 5.02. The van der Waals surface area contributed by atoms with Crippen molar-refractivity contribution >= 4 is 0 Å². The van der Waals surface area contributed by atoms with Crippen LogP contribution in [0.1, 0.15) is 38.5 Å². The molecule has 1 unspecified atom stereocenters. The van der Waals surface area contributed by atoms with Crippen LogP contribution in [0.5, 0.6) is 11.5 Å². The highest BCUT2D eigenvalue weighted by Gasteiger charge is 2.20. The molecule has 0 bridgehead atoms. The van der Waals surface area contributed by atoms with Crippen LogP contribution in [0.2, 0.25) is 0 Å². The first-order valence-electron chi connectivity index (χ1n) is 8.34.